The summed E-state index contributed by atoms with van der Waals surface area (Å²) in [7, 11) is 0. The summed E-state index contributed by atoms with van der Waals surface area (Å²) in [6.07, 6.45) is -5.07. The van der Waals surface area contributed by atoms with Crippen molar-refractivity contribution >= 4 is 17.9 Å². The number of carbonyl (C=O) groups is 1. The molecule has 1 aliphatic rings. The Bertz CT molecular complexity index is 437. The van der Waals surface area contributed by atoms with Gasteiger partial charge in [0.15, 0.2) is 0 Å². The minimum atomic E-state index is -4.14. The van der Waals surface area contributed by atoms with E-state index in [2.05, 4.69) is 0 Å². The van der Waals surface area contributed by atoms with Gasteiger partial charge in [-0.2, -0.15) is 24.9 Å². The fraction of sp³-hybridized carbons (Fsp3) is 0.938. The van der Waals surface area contributed by atoms with Crippen molar-refractivity contribution in [3.63, 3.8) is 0 Å². The Hall–Kier alpha value is -0.730. The van der Waals surface area contributed by atoms with E-state index < -0.39 is 49.2 Å². The Balaban J connectivity index is 2.35. The topological polar surface area (TPSA) is 29.5 Å². The molecule has 0 aromatic heterocycles. The maximum absolute atomic E-state index is 13.7. The van der Waals surface area contributed by atoms with Crippen LogP contribution < -0.4 is 0 Å². The Labute approximate surface area is 149 Å². The summed E-state index contributed by atoms with van der Waals surface area (Å²) in [6.45, 7) is 4.37. The van der Waals surface area contributed by atoms with Crippen LogP contribution in [0.5, 0.6) is 0 Å². The third-order valence-electron chi connectivity index (χ3n) is 3.58. The van der Waals surface area contributed by atoms with Crippen LogP contribution in [-0.4, -0.2) is 52.8 Å². The molecule has 9 heteroatoms. The van der Waals surface area contributed by atoms with Crippen LogP contribution in [0.3, 0.4) is 0 Å². The Morgan fingerprint density at radius 3 is 2.36 bits per heavy atom. The average molecular weight is 391 g/mol. The first-order chi connectivity index (χ1) is 11.3. The van der Waals surface area contributed by atoms with Gasteiger partial charge in [-0.15, -0.1) is 0 Å². The molecule has 0 aliphatic carbocycles. The molecule has 0 N–H and O–H groups in total. The minimum absolute atomic E-state index is 0.0553. The van der Waals surface area contributed by atoms with Gasteiger partial charge in [-0.3, -0.25) is 4.90 Å². The first-order valence-electron chi connectivity index (χ1n) is 8.31. The molecule has 0 spiro atoms. The number of rotatable bonds is 7. The lowest BCUT2D eigenvalue weighted by molar-refractivity contribution is -0.134. The lowest BCUT2D eigenvalue weighted by Gasteiger charge is -2.28. The molecule has 1 heterocycles. The van der Waals surface area contributed by atoms with Gasteiger partial charge >= 0.3 is 12.3 Å². The quantitative estimate of drug-likeness (QED) is 0.425. The zero-order chi connectivity index (χ0) is 19.3. The van der Waals surface area contributed by atoms with E-state index in [-0.39, 0.29) is 6.42 Å². The van der Waals surface area contributed by atoms with Crippen LogP contribution in [0.15, 0.2) is 0 Å². The second-order valence-electron chi connectivity index (χ2n) is 7.30. The minimum Gasteiger partial charge on any atom is -0.444 e. The number of hydrogen-bond donors (Lipinski definition) is 0. The van der Waals surface area contributed by atoms with Crippen LogP contribution in [0.2, 0.25) is 0 Å². The van der Waals surface area contributed by atoms with E-state index in [4.69, 9.17) is 4.74 Å². The van der Waals surface area contributed by atoms with Crippen molar-refractivity contribution in [1.29, 1.82) is 0 Å². The van der Waals surface area contributed by atoms with Crippen molar-refractivity contribution in [2.45, 2.75) is 76.6 Å². The third-order valence-corrected chi connectivity index (χ3v) is 4.73. The van der Waals surface area contributed by atoms with Gasteiger partial charge in [-0.05, 0) is 51.5 Å². The molecule has 1 fully saturated rings. The Morgan fingerprint density at radius 1 is 1.20 bits per heavy atom. The SMILES string of the molecule is CC(C)(C)OC(=O)N1CC(F)(F)CC1CCCSCCCC(F)(F)F. The molecule has 1 aliphatic heterocycles. The Kier molecular flexibility index (Phi) is 7.83. The summed E-state index contributed by atoms with van der Waals surface area (Å²) in [5.74, 6) is -1.96. The number of halogens is 5. The van der Waals surface area contributed by atoms with E-state index >= 15 is 0 Å². The molecule has 0 aromatic carbocycles. The van der Waals surface area contributed by atoms with Gasteiger partial charge in [-0.25, -0.2) is 13.6 Å². The number of nitrogens with zero attached hydrogens (tertiary/aromatic N) is 1. The van der Waals surface area contributed by atoms with Gasteiger partial charge in [0.2, 0.25) is 0 Å². The van der Waals surface area contributed by atoms with Crippen molar-refractivity contribution in [3.05, 3.63) is 0 Å². The fourth-order valence-corrected chi connectivity index (χ4v) is 3.51. The van der Waals surface area contributed by atoms with E-state index in [9.17, 15) is 26.7 Å². The highest BCUT2D eigenvalue weighted by molar-refractivity contribution is 7.99. The lowest BCUT2D eigenvalue weighted by atomic mass is 10.1. The maximum Gasteiger partial charge on any atom is 0.410 e. The molecule has 1 atom stereocenters. The van der Waals surface area contributed by atoms with Gasteiger partial charge in [0.05, 0.1) is 6.54 Å². The Morgan fingerprint density at radius 2 is 1.80 bits per heavy atom. The van der Waals surface area contributed by atoms with Crippen molar-refractivity contribution in [1.82, 2.24) is 4.90 Å². The molecule has 1 amide bonds. The second kappa shape index (κ2) is 8.77. The number of thioether (sulfide) groups is 1. The smallest absolute Gasteiger partial charge is 0.410 e. The van der Waals surface area contributed by atoms with Crippen LogP contribution in [0.4, 0.5) is 26.7 Å². The van der Waals surface area contributed by atoms with Crippen LogP contribution in [0.1, 0.15) is 52.9 Å². The first-order valence-corrected chi connectivity index (χ1v) is 9.46. The highest BCUT2D eigenvalue weighted by atomic mass is 32.2. The van der Waals surface area contributed by atoms with Crippen LogP contribution in [-0.2, 0) is 4.74 Å². The molecule has 1 rings (SSSR count). The summed E-state index contributed by atoms with van der Waals surface area (Å²) < 4.78 is 68.6. The van der Waals surface area contributed by atoms with E-state index in [0.717, 1.165) is 4.90 Å². The summed E-state index contributed by atoms with van der Waals surface area (Å²) in [4.78, 5) is 13.2. The molecule has 1 saturated heterocycles. The van der Waals surface area contributed by atoms with Crippen LogP contribution >= 0.6 is 11.8 Å². The molecule has 0 bridgehead atoms. The highest BCUT2D eigenvalue weighted by Gasteiger charge is 2.47. The molecule has 1 unspecified atom stereocenters. The van der Waals surface area contributed by atoms with E-state index in [1.165, 1.54) is 11.8 Å². The molecule has 0 saturated carbocycles. The zero-order valence-corrected chi connectivity index (χ0v) is 15.6. The van der Waals surface area contributed by atoms with Crippen molar-refractivity contribution in [3.8, 4) is 0 Å². The van der Waals surface area contributed by atoms with E-state index in [1.54, 1.807) is 20.8 Å². The number of amides is 1. The summed E-state index contributed by atoms with van der Waals surface area (Å²) in [5.41, 5.74) is -0.756. The molecular weight excluding hydrogens is 365 g/mol. The van der Waals surface area contributed by atoms with E-state index in [1.807, 2.05) is 0 Å². The lowest BCUT2D eigenvalue weighted by Crippen LogP contribution is -2.40. The van der Waals surface area contributed by atoms with Crippen LogP contribution in [0, 0.1) is 0 Å². The molecule has 25 heavy (non-hydrogen) atoms. The van der Waals surface area contributed by atoms with Crippen molar-refractivity contribution < 1.29 is 31.5 Å². The normalized spacial score (nSPS) is 20.8. The third kappa shape index (κ3) is 9.51. The maximum atomic E-state index is 13.7. The second-order valence-corrected chi connectivity index (χ2v) is 8.52. The van der Waals surface area contributed by atoms with Gasteiger partial charge < -0.3 is 4.74 Å². The standard InChI is InChI=1S/C16H26F5NO2S/c1-14(2,3)24-13(23)22-11-15(17,18)10-12(22)6-4-8-25-9-5-7-16(19,20)21/h12H,4-11H2,1-3H3. The predicted octanol–water partition coefficient (Wildman–Crippen LogP) is 5.49. The van der Waals surface area contributed by atoms with Crippen LogP contribution in [0.25, 0.3) is 0 Å². The van der Waals surface area contributed by atoms with E-state index in [0.29, 0.717) is 24.3 Å². The molecule has 0 radical (unpaired) electrons. The molecular formula is C16H26F5NO2S. The fourth-order valence-electron chi connectivity index (χ4n) is 2.59. The monoisotopic (exact) mass is 391 g/mol. The average Bonchev–Trinajstić information content (AvgIpc) is 2.70. The first kappa shape index (κ1) is 22.3. The largest absolute Gasteiger partial charge is 0.444 e. The summed E-state index contributed by atoms with van der Waals surface area (Å²) >= 11 is 1.37. The predicted molar refractivity (Wildman–Crippen MR) is 88.1 cm³/mol. The number of ether oxygens (including phenoxy) is 1. The summed E-state index contributed by atoms with van der Waals surface area (Å²) in [5, 5.41) is 0. The molecule has 3 nitrogen and oxygen atoms in total. The van der Waals surface area contributed by atoms with Gasteiger partial charge in [-0.1, -0.05) is 0 Å². The molecule has 148 valence electrons. The number of likely N-dealkylation sites (tertiary alicyclic amines) is 1. The van der Waals surface area contributed by atoms with Gasteiger partial charge in [0.1, 0.15) is 5.60 Å². The van der Waals surface area contributed by atoms with Gasteiger partial charge in [0.25, 0.3) is 5.92 Å². The number of carbonyl (C=O) groups excluding carboxylic acids is 1. The highest BCUT2D eigenvalue weighted by Crippen LogP contribution is 2.35. The van der Waals surface area contributed by atoms with Crippen molar-refractivity contribution in [2.24, 2.45) is 0 Å². The van der Waals surface area contributed by atoms with Crippen molar-refractivity contribution in [2.75, 3.05) is 18.1 Å². The summed E-state index contributed by atoms with van der Waals surface area (Å²) in [6, 6.07) is -0.597. The van der Waals surface area contributed by atoms with Gasteiger partial charge in [0, 0.05) is 18.9 Å². The molecule has 0 aromatic rings. The zero-order valence-electron chi connectivity index (χ0n) is 14.8. The number of hydrogen-bond acceptors (Lipinski definition) is 3. The number of alkyl halides is 5.